The highest BCUT2D eigenvalue weighted by Gasteiger charge is 2.46. The molecule has 3 heterocycles. The Bertz CT molecular complexity index is 1160. The van der Waals surface area contributed by atoms with Gasteiger partial charge in [0.25, 0.3) is 0 Å². The molecule has 0 aromatic carbocycles. The normalized spacial score (nSPS) is 22.9. The fourth-order valence-corrected chi connectivity index (χ4v) is 4.61. The Hall–Kier alpha value is -2.07. The van der Waals surface area contributed by atoms with Crippen LogP contribution in [0.4, 0.5) is 5.82 Å². The van der Waals surface area contributed by atoms with Crippen LogP contribution < -0.4 is 24.2 Å². The number of ether oxygens (including phenoxy) is 1. The number of fused-ring (bicyclic) bond motifs is 1. The molecular formula is C16H32N8O10P2. The number of aromatic nitrogens is 4. The predicted molar refractivity (Wildman–Crippen MR) is 126 cm³/mol. The Morgan fingerprint density at radius 2 is 1.83 bits per heavy atom. The van der Waals surface area contributed by atoms with Gasteiger partial charge in [-0.15, -0.1) is 0 Å². The largest absolute Gasteiger partial charge is 0.481 e. The maximum Gasteiger partial charge on any atom is 0.481 e. The third-order valence-corrected chi connectivity index (χ3v) is 6.68. The number of nitrogen functional groups attached to an aromatic ring is 1. The summed E-state index contributed by atoms with van der Waals surface area (Å²) in [6.45, 7) is 1.20. The third-order valence-electron chi connectivity index (χ3n) is 4.53. The summed E-state index contributed by atoms with van der Waals surface area (Å²) < 4.78 is 37.3. The molecule has 0 radical (unpaired) electrons. The van der Waals surface area contributed by atoms with E-state index < -0.39 is 46.8 Å². The predicted octanol–water partition coefficient (Wildman–Crippen LogP) is 0.282. The summed E-state index contributed by atoms with van der Waals surface area (Å²) >= 11 is 0. The van der Waals surface area contributed by atoms with E-state index in [0.717, 1.165) is 12.8 Å². The molecule has 20 heteroatoms. The van der Waals surface area contributed by atoms with Crippen LogP contribution in [0.2, 0.25) is 0 Å². The van der Waals surface area contributed by atoms with Gasteiger partial charge < -0.3 is 53.8 Å². The Kier molecular flexibility index (Phi) is 12.7. The molecule has 0 aliphatic carbocycles. The fourth-order valence-electron chi connectivity index (χ4n) is 3.01. The van der Waals surface area contributed by atoms with Gasteiger partial charge in [-0.05, 0) is 12.3 Å². The van der Waals surface area contributed by atoms with Gasteiger partial charge in [0.05, 0.1) is 12.9 Å². The Morgan fingerprint density at radius 3 is 2.44 bits per heavy atom. The molecule has 3 rings (SSSR count). The molecule has 1 unspecified atom stereocenters. The van der Waals surface area contributed by atoms with E-state index in [-0.39, 0.29) is 41.3 Å². The van der Waals surface area contributed by atoms with E-state index in [1.807, 2.05) is 6.92 Å². The van der Waals surface area contributed by atoms with Crippen LogP contribution in [0.3, 0.4) is 0 Å². The summed E-state index contributed by atoms with van der Waals surface area (Å²) in [5.74, 6) is 5.90. The molecule has 2 aromatic heterocycles. The van der Waals surface area contributed by atoms with Crippen LogP contribution in [-0.2, 0) is 22.7 Å². The van der Waals surface area contributed by atoms with E-state index >= 15 is 0 Å². The standard InChI is InChI=1S/C16H23N5O10P2.3H3N/c1-2-3-4-5-6-10-19-14(17)11-15(20-10)21(8-18-11)16-13(23)12(22)9(30-16)7-29-33(27,28)31-32(24,25)26;;;/h8-9,12-13,16,22-23H,2-4,7H2,1H3,(H,27,28)(H2,17,19,20)(H2,24,25,26);3*1H3/t9-,12-,13-,16-;;;/m1.../s1. The van der Waals surface area contributed by atoms with Crippen LogP contribution in [-0.4, -0.2) is 69.3 Å². The lowest BCUT2D eigenvalue weighted by Gasteiger charge is -2.17. The average molecular weight is 558 g/mol. The van der Waals surface area contributed by atoms with Crippen molar-refractivity contribution >= 4 is 32.6 Å². The Morgan fingerprint density at radius 1 is 1.17 bits per heavy atom. The zero-order chi connectivity index (χ0) is 24.4. The highest BCUT2D eigenvalue weighted by molar-refractivity contribution is 7.60. The van der Waals surface area contributed by atoms with Crippen LogP contribution in [0.15, 0.2) is 6.33 Å². The summed E-state index contributed by atoms with van der Waals surface area (Å²) in [6, 6.07) is 0. The van der Waals surface area contributed by atoms with E-state index in [1.54, 1.807) is 0 Å². The minimum Gasteiger partial charge on any atom is -0.387 e. The molecule has 36 heavy (non-hydrogen) atoms. The van der Waals surface area contributed by atoms with Gasteiger partial charge in [-0.25, -0.2) is 24.1 Å². The van der Waals surface area contributed by atoms with E-state index in [1.165, 1.54) is 10.9 Å². The average Bonchev–Trinajstić information content (AvgIpc) is 3.24. The van der Waals surface area contributed by atoms with Gasteiger partial charge in [-0.1, -0.05) is 19.3 Å². The summed E-state index contributed by atoms with van der Waals surface area (Å²) in [7, 11) is -10.5. The summed E-state index contributed by atoms with van der Waals surface area (Å²) in [5.41, 5.74) is 6.30. The van der Waals surface area contributed by atoms with Crippen LogP contribution in [0.25, 0.3) is 11.2 Å². The molecule has 1 fully saturated rings. The van der Waals surface area contributed by atoms with Crippen molar-refractivity contribution in [3.8, 4) is 11.8 Å². The first kappa shape index (κ1) is 33.9. The Labute approximate surface area is 205 Å². The van der Waals surface area contributed by atoms with Crippen molar-refractivity contribution in [2.45, 2.75) is 50.7 Å². The lowest BCUT2D eigenvalue weighted by atomic mass is 10.1. The number of imidazole rings is 1. The fraction of sp³-hybridized carbons (Fsp3) is 0.562. The van der Waals surface area contributed by atoms with Gasteiger partial charge in [-0.3, -0.25) is 9.09 Å². The number of nitrogens with two attached hydrogens (primary N) is 1. The van der Waals surface area contributed by atoms with Gasteiger partial charge in [0.15, 0.2) is 17.7 Å². The number of anilines is 1. The monoisotopic (exact) mass is 558 g/mol. The van der Waals surface area contributed by atoms with Crippen molar-refractivity contribution in [3.05, 3.63) is 12.2 Å². The van der Waals surface area contributed by atoms with E-state index in [2.05, 4.69) is 35.6 Å². The number of nitrogens with zero attached hydrogens (tertiary/aromatic N) is 4. The molecule has 0 saturated carbocycles. The van der Waals surface area contributed by atoms with E-state index in [4.69, 9.17) is 20.3 Å². The minimum absolute atomic E-state index is 0. The number of phosphoric ester groups is 1. The number of aliphatic hydroxyl groups excluding tert-OH is 2. The number of rotatable bonds is 8. The molecule has 5 atom stereocenters. The van der Waals surface area contributed by atoms with Crippen molar-refractivity contribution < 1.29 is 47.6 Å². The van der Waals surface area contributed by atoms with Gasteiger partial charge in [0.2, 0.25) is 5.82 Å². The number of phosphoric acid groups is 2. The lowest BCUT2D eigenvalue weighted by Crippen LogP contribution is -2.33. The maximum atomic E-state index is 11.6. The molecule has 18 nitrogen and oxygen atoms in total. The molecule has 0 amide bonds. The quantitative estimate of drug-likeness (QED) is 0.119. The molecule has 0 spiro atoms. The summed E-state index contributed by atoms with van der Waals surface area (Å²) in [5, 5.41) is 20.7. The topological polar surface area (TPSA) is 338 Å². The number of unbranched alkanes of at least 4 members (excludes halogenated alkanes) is 2. The lowest BCUT2D eigenvalue weighted by molar-refractivity contribution is -0.0503. The van der Waals surface area contributed by atoms with Crippen LogP contribution >= 0.6 is 15.6 Å². The van der Waals surface area contributed by atoms with Crippen molar-refractivity contribution in [1.82, 2.24) is 38.0 Å². The first-order valence-corrected chi connectivity index (χ1v) is 12.7. The second kappa shape index (κ2) is 13.5. The minimum atomic E-state index is -5.32. The van der Waals surface area contributed by atoms with E-state index in [0.29, 0.717) is 6.42 Å². The zero-order valence-electron chi connectivity index (χ0n) is 19.4. The molecule has 2 aromatic rings. The number of hydrogen-bond acceptors (Lipinski definition) is 14. The molecule has 1 aliphatic rings. The summed E-state index contributed by atoms with van der Waals surface area (Å²) in [6.07, 6.45) is -1.98. The maximum absolute atomic E-state index is 11.6. The first-order chi connectivity index (χ1) is 15.4. The van der Waals surface area contributed by atoms with Crippen molar-refractivity contribution in [3.63, 3.8) is 0 Å². The van der Waals surface area contributed by atoms with Gasteiger partial charge >= 0.3 is 15.6 Å². The van der Waals surface area contributed by atoms with Gasteiger partial charge in [0, 0.05) is 6.42 Å². The van der Waals surface area contributed by atoms with Crippen molar-refractivity contribution in [2.24, 2.45) is 0 Å². The molecule has 0 bridgehead atoms. The van der Waals surface area contributed by atoms with Gasteiger partial charge in [-0.2, -0.15) is 4.31 Å². The second-order valence-corrected chi connectivity index (χ2v) is 9.87. The van der Waals surface area contributed by atoms with Crippen LogP contribution in [0, 0.1) is 11.8 Å². The summed E-state index contributed by atoms with van der Waals surface area (Å²) in [4.78, 5) is 39.1. The number of hydrogen-bond donors (Lipinski definition) is 9. The SMILES string of the molecule is CCCCC#Cc1nc(N)c2ncn([C@@H]3O[C@H](COP(=O)(O)OP(=O)(O)O)[C@@H](O)[C@H]3O)c2n1.N.N.N. The van der Waals surface area contributed by atoms with E-state index in [9.17, 15) is 24.2 Å². The van der Waals surface area contributed by atoms with Crippen molar-refractivity contribution in [2.75, 3.05) is 12.3 Å². The smallest absolute Gasteiger partial charge is 0.387 e. The highest BCUT2D eigenvalue weighted by Crippen LogP contribution is 2.57. The molecule has 16 N–H and O–H groups in total. The number of aliphatic hydroxyl groups is 2. The Balaban J connectivity index is 0.00000408. The molecule has 1 aliphatic heterocycles. The van der Waals surface area contributed by atoms with Gasteiger partial charge in [0.1, 0.15) is 23.8 Å². The highest BCUT2D eigenvalue weighted by atomic mass is 31.3. The zero-order valence-corrected chi connectivity index (χ0v) is 21.2. The first-order valence-electron chi connectivity index (χ1n) is 9.66. The second-order valence-electron chi connectivity index (χ2n) is 7.04. The molecular weight excluding hydrogens is 526 g/mol. The molecule has 206 valence electrons. The van der Waals surface area contributed by atoms with Crippen molar-refractivity contribution in [1.29, 1.82) is 0 Å². The third kappa shape index (κ3) is 8.23. The van der Waals surface area contributed by atoms with Crippen LogP contribution in [0.5, 0.6) is 0 Å². The van der Waals surface area contributed by atoms with Crippen LogP contribution in [0.1, 0.15) is 38.2 Å². The molecule has 1 saturated heterocycles.